The smallest absolute Gasteiger partial charge is 0.0587 e. The highest BCUT2D eigenvalue weighted by Gasteiger charge is 2.02. The zero-order chi connectivity index (χ0) is 6.85. The van der Waals surface area contributed by atoms with Crippen LogP contribution in [0.15, 0.2) is 5.38 Å². The largest absolute Gasteiger partial charge is 0.326 e. The SMILES string of the molecule is Cc1csc(CN)c1Cl. The summed E-state index contributed by atoms with van der Waals surface area (Å²) in [6.45, 7) is 2.54. The fourth-order valence-electron chi connectivity index (χ4n) is 0.621. The van der Waals surface area contributed by atoms with Crippen LogP contribution in [-0.4, -0.2) is 0 Å². The summed E-state index contributed by atoms with van der Waals surface area (Å²) in [6, 6.07) is 0. The van der Waals surface area contributed by atoms with Gasteiger partial charge in [0.2, 0.25) is 0 Å². The molecule has 0 amide bonds. The Balaban J connectivity index is 3.04. The molecule has 1 aromatic heterocycles. The van der Waals surface area contributed by atoms with Gasteiger partial charge in [-0.05, 0) is 17.9 Å². The minimum Gasteiger partial charge on any atom is -0.326 e. The van der Waals surface area contributed by atoms with Crippen molar-refractivity contribution < 1.29 is 0 Å². The van der Waals surface area contributed by atoms with Crippen molar-refractivity contribution in [1.82, 2.24) is 0 Å². The first-order valence-electron chi connectivity index (χ1n) is 2.68. The minimum absolute atomic E-state index is 0.553. The summed E-state index contributed by atoms with van der Waals surface area (Å²) in [5.41, 5.74) is 6.52. The van der Waals surface area contributed by atoms with Gasteiger partial charge in [0, 0.05) is 11.4 Å². The Labute approximate surface area is 63.4 Å². The zero-order valence-electron chi connectivity index (χ0n) is 5.15. The van der Waals surface area contributed by atoms with Gasteiger partial charge in [0.05, 0.1) is 5.02 Å². The second-order valence-corrected chi connectivity index (χ2v) is 3.20. The zero-order valence-corrected chi connectivity index (χ0v) is 6.72. The molecular weight excluding hydrogens is 154 g/mol. The van der Waals surface area contributed by atoms with E-state index in [1.807, 2.05) is 12.3 Å². The summed E-state index contributed by atoms with van der Waals surface area (Å²) in [5, 5.41) is 2.85. The molecule has 0 atom stereocenters. The number of rotatable bonds is 1. The van der Waals surface area contributed by atoms with E-state index >= 15 is 0 Å². The van der Waals surface area contributed by atoms with E-state index in [1.54, 1.807) is 11.3 Å². The summed E-state index contributed by atoms with van der Waals surface area (Å²) in [7, 11) is 0. The van der Waals surface area contributed by atoms with Crippen LogP contribution in [0.3, 0.4) is 0 Å². The molecule has 1 aromatic rings. The molecule has 0 radical (unpaired) electrons. The van der Waals surface area contributed by atoms with Gasteiger partial charge in [-0.15, -0.1) is 11.3 Å². The molecule has 1 rings (SSSR count). The second kappa shape index (κ2) is 2.69. The molecule has 0 bridgehead atoms. The van der Waals surface area contributed by atoms with E-state index in [-0.39, 0.29) is 0 Å². The van der Waals surface area contributed by atoms with Gasteiger partial charge in [-0.1, -0.05) is 11.6 Å². The third-order valence-electron chi connectivity index (χ3n) is 1.15. The van der Waals surface area contributed by atoms with E-state index in [9.17, 15) is 0 Å². The molecule has 0 saturated heterocycles. The lowest BCUT2D eigenvalue weighted by molar-refractivity contribution is 1.10. The van der Waals surface area contributed by atoms with E-state index in [2.05, 4.69) is 0 Å². The van der Waals surface area contributed by atoms with Crippen molar-refractivity contribution in [2.24, 2.45) is 5.73 Å². The molecule has 0 spiro atoms. The highest BCUT2D eigenvalue weighted by atomic mass is 35.5. The average Bonchev–Trinajstić information content (AvgIpc) is 2.15. The molecule has 0 aromatic carbocycles. The van der Waals surface area contributed by atoms with Crippen molar-refractivity contribution in [3.8, 4) is 0 Å². The molecule has 2 N–H and O–H groups in total. The number of aryl methyl sites for hydroxylation is 1. The Kier molecular flexibility index (Phi) is 2.11. The van der Waals surface area contributed by atoms with Crippen molar-refractivity contribution in [1.29, 1.82) is 0 Å². The van der Waals surface area contributed by atoms with Crippen LogP contribution < -0.4 is 5.73 Å². The van der Waals surface area contributed by atoms with Crippen LogP contribution in [0.4, 0.5) is 0 Å². The summed E-state index contributed by atoms with van der Waals surface area (Å²) in [4.78, 5) is 1.08. The van der Waals surface area contributed by atoms with Crippen molar-refractivity contribution in [3.05, 3.63) is 20.8 Å². The maximum atomic E-state index is 5.84. The lowest BCUT2D eigenvalue weighted by Crippen LogP contribution is -1.92. The molecule has 9 heavy (non-hydrogen) atoms. The van der Waals surface area contributed by atoms with Crippen LogP contribution in [0.2, 0.25) is 5.02 Å². The first-order chi connectivity index (χ1) is 4.25. The van der Waals surface area contributed by atoms with Gasteiger partial charge in [0.15, 0.2) is 0 Å². The van der Waals surface area contributed by atoms with E-state index < -0.39 is 0 Å². The van der Waals surface area contributed by atoms with Gasteiger partial charge in [-0.25, -0.2) is 0 Å². The Morgan fingerprint density at radius 1 is 1.78 bits per heavy atom. The van der Waals surface area contributed by atoms with Gasteiger partial charge in [0.1, 0.15) is 0 Å². The monoisotopic (exact) mass is 161 g/mol. The summed E-state index contributed by atoms with van der Waals surface area (Å²) < 4.78 is 0. The van der Waals surface area contributed by atoms with Gasteiger partial charge in [-0.3, -0.25) is 0 Å². The number of thiophene rings is 1. The Morgan fingerprint density at radius 2 is 2.44 bits per heavy atom. The van der Waals surface area contributed by atoms with Crippen LogP contribution in [0.25, 0.3) is 0 Å². The Bertz CT molecular complexity index is 207. The topological polar surface area (TPSA) is 26.0 Å². The van der Waals surface area contributed by atoms with E-state index in [1.165, 1.54) is 0 Å². The number of nitrogens with two attached hydrogens (primary N) is 1. The summed E-state index contributed by atoms with van der Waals surface area (Å²) in [6.07, 6.45) is 0. The van der Waals surface area contributed by atoms with Crippen LogP contribution in [0, 0.1) is 6.92 Å². The molecule has 0 aliphatic rings. The molecule has 0 saturated carbocycles. The fourth-order valence-corrected chi connectivity index (χ4v) is 1.75. The van der Waals surface area contributed by atoms with Gasteiger partial charge in [-0.2, -0.15) is 0 Å². The van der Waals surface area contributed by atoms with Gasteiger partial charge in [0.25, 0.3) is 0 Å². The van der Waals surface area contributed by atoms with Crippen molar-refractivity contribution in [2.75, 3.05) is 0 Å². The van der Waals surface area contributed by atoms with E-state index in [0.717, 1.165) is 15.5 Å². The standard InChI is InChI=1S/C6H8ClNS/c1-4-3-9-5(2-8)6(4)7/h3H,2,8H2,1H3. The number of hydrogen-bond acceptors (Lipinski definition) is 2. The fraction of sp³-hybridized carbons (Fsp3) is 0.333. The first-order valence-corrected chi connectivity index (χ1v) is 3.94. The molecule has 3 heteroatoms. The van der Waals surface area contributed by atoms with Gasteiger partial charge < -0.3 is 5.73 Å². The predicted octanol–water partition coefficient (Wildman–Crippen LogP) is 2.17. The third-order valence-corrected chi connectivity index (χ3v) is 2.92. The first kappa shape index (κ1) is 7.06. The number of halogens is 1. The quantitative estimate of drug-likeness (QED) is 0.672. The third kappa shape index (κ3) is 1.26. The molecule has 0 aliphatic carbocycles. The van der Waals surface area contributed by atoms with Gasteiger partial charge >= 0.3 is 0 Å². The summed E-state index contributed by atoms with van der Waals surface area (Å²) in [5.74, 6) is 0. The molecule has 1 heterocycles. The highest BCUT2D eigenvalue weighted by Crippen LogP contribution is 2.25. The van der Waals surface area contributed by atoms with Crippen molar-refractivity contribution in [3.63, 3.8) is 0 Å². The molecule has 0 fully saturated rings. The second-order valence-electron chi connectivity index (χ2n) is 1.86. The average molecular weight is 162 g/mol. The summed E-state index contributed by atoms with van der Waals surface area (Å²) >= 11 is 7.46. The molecule has 0 aliphatic heterocycles. The highest BCUT2D eigenvalue weighted by molar-refractivity contribution is 7.10. The molecule has 50 valence electrons. The van der Waals surface area contributed by atoms with Crippen molar-refractivity contribution >= 4 is 22.9 Å². The Morgan fingerprint density at radius 3 is 2.67 bits per heavy atom. The lowest BCUT2D eigenvalue weighted by Gasteiger charge is -1.89. The van der Waals surface area contributed by atoms with Crippen LogP contribution >= 0.6 is 22.9 Å². The van der Waals surface area contributed by atoms with E-state index in [0.29, 0.717) is 6.54 Å². The minimum atomic E-state index is 0.553. The normalized spacial score (nSPS) is 10.1. The van der Waals surface area contributed by atoms with Crippen molar-refractivity contribution in [2.45, 2.75) is 13.5 Å². The predicted molar refractivity (Wildman–Crippen MR) is 42.0 cm³/mol. The molecule has 1 nitrogen and oxygen atoms in total. The number of hydrogen-bond donors (Lipinski definition) is 1. The van der Waals surface area contributed by atoms with Crippen LogP contribution in [0.1, 0.15) is 10.4 Å². The lowest BCUT2D eigenvalue weighted by atomic mass is 10.3. The van der Waals surface area contributed by atoms with Crippen LogP contribution in [0.5, 0.6) is 0 Å². The van der Waals surface area contributed by atoms with E-state index in [4.69, 9.17) is 17.3 Å². The molecular formula is C6H8ClNS. The maximum Gasteiger partial charge on any atom is 0.0587 e. The maximum absolute atomic E-state index is 5.84. The Hall–Kier alpha value is -0.0500. The van der Waals surface area contributed by atoms with Crippen LogP contribution in [-0.2, 0) is 6.54 Å². The molecule has 0 unspecified atom stereocenters.